The number of H-pyrrole nitrogens is 1. The lowest BCUT2D eigenvalue weighted by Gasteiger charge is -2.21. The summed E-state index contributed by atoms with van der Waals surface area (Å²) in [6.45, 7) is 0.803. The van der Waals surface area contributed by atoms with E-state index in [0.29, 0.717) is 11.6 Å². The second-order valence-electron chi connectivity index (χ2n) is 4.18. The highest BCUT2D eigenvalue weighted by Gasteiger charge is 2.14. The van der Waals surface area contributed by atoms with E-state index in [9.17, 15) is 4.79 Å². The molecule has 82 valence electrons. The Kier molecular flexibility index (Phi) is 3.37. The third-order valence-electron chi connectivity index (χ3n) is 3.02. The summed E-state index contributed by atoms with van der Waals surface area (Å²) in [6, 6.07) is 0. The molecule has 0 bridgehead atoms. The van der Waals surface area contributed by atoms with E-state index in [1.54, 1.807) is 6.20 Å². The zero-order valence-electron chi connectivity index (χ0n) is 8.83. The van der Waals surface area contributed by atoms with E-state index < -0.39 is 0 Å². The van der Waals surface area contributed by atoms with Crippen LogP contribution in [0.5, 0.6) is 0 Å². The number of imidazole rings is 1. The van der Waals surface area contributed by atoms with Gasteiger partial charge in [-0.25, -0.2) is 4.98 Å². The lowest BCUT2D eigenvalue weighted by Crippen LogP contribution is -2.30. The summed E-state index contributed by atoms with van der Waals surface area (Å²) < 4.78 is 0. The van der Waals surface area contributed by atoms with Gasteiger partial charge in [0.05, 0.1) is 12.5 Å². The Morgan fingerprint density at radius 3 is 2.93 bits per heavy atom. The molecule has 1 aliphatic rings. The van der Waals surface area contributed by atoms with Crippen molar-refractivity contribution in [1.82, 2.24) is 15.3 Å². The molecule has 15 heavy (non-hydrogen) atoms. The number of aromatic amines is 1. The first-order chi connectivity index (χ1) is 7.36. The summed E-state index contributed by atoms with van der Waals surface area (Å²) in [6.07, 6.45) is 9.55. The summed E-state index contributed by atoms with van der Waals surface area (Å²) >= 11 is 0. The van der Waals surface area contributed by atoms with Crippen molar-refractivity contribution in [3.05, 3.63) is 18.2 Å². The third kappa shape index (κ3) is 2.81. The highest BCUT2D eigenvalue weighted by molar-refractivity contribution is 5.91. The summed E-state index contributed by atoms with van der Waals surface area (Å²) in [5, 5.41) is 2.94. The Hall–Kier alpha value is -1.32. The molecule has 0 radical (unpaired) electrons. The van der Waals surface area contributed by atoms with Crippen LogP contribution in [0.2, 0.25) is 0 Å². The molecule has 0 spiro atoms. The van der Waals surface area contributed by atoms with Gasteiger partial charge in [-0.3, -0.25) is 4.79 Å². The number of hydrogen-bond donors (Lipinski definition) is 2. The predicted molar refractivity (Wildman–Crippen MR) is 57.5 cm³/mol. The average molecular weight is 207 g/mol. The molecule has 1 heterocycles. The minimum atomic E-state index is -0.0435. The van der Waals surface area contributed by atoms with Gasteiger partial charge < -0.3 is 10.3 Å². The van der Waals surface area contributed by atoms with Crippen LogP contribution in [0, 0.1) is 5.92 Å². The van der Waals surface area contributed by atoms with E-state index in [1.165, 1.54) is 38.4 Å². The molecular weight excluding hydrogens is 190 g/mol. The Labute approximate surface area is 89.5 Å². The predicted octanol–water partition coefficient (Wildman–Crippen LogP) is 1.72. The normalized spacial score (nSPS) is 17.6. The van der Waals surface area contributed by atoms with Crippen LogP contribution in [-0.2, 0) is 0 Å². The van der Waals surface area contributed by atoms with E-state index in [1.807, 2.05) is 0 Å². The molecule has 1 fully saturated rings. The van der Waals surface area contributed by atoms with Crippen LogP contribution < -0.4 is 5.32 Å². The van der Waals surface area contributed by atoms with E-state index in [0.717, 1.165) is 6.54 Å². The van der Waals surface area contributed by atoms with Crippen LogP contribution in [0.25, 0.3) is 0 Å². The molecule has 0 aliphatic heterocycles. The second kappa shape index (κ2) is 4.96. The number of carbonyl (C=O) groups excluding carboxylic acids is 1. The molecule has 0 saturated heterocycles. The minimum absolute atomic E-state index is 0.0435. The van der Waals surface area contributed by atoms with Crippen molar-refractivity contribution in [2.75, 3.05) is 6.54 Å². The number of rotatable bonds is 3. The number of aromatic nitrogens is 2. The fourth-order valence-corrected chi connectivity index (χ4v) is 2.10. The van der Waals surface area contributed by atoms with Gasteiger partial charge in [0, 0.05) is 6.54 Å². The van der Waals surface area contributed by atoms with Crippen molar-refractivity contribution in [1.29, 1.82) is 0 Å². The minimum Gasteiger partial charge on any atom is -0.350 e. The first-order valence-corrected chi connectivity index (χ1v) is 5.63. The Balaban J connectivity index is 1.75. The van der Waals surface area contributed by atoms with Crippen LogP contribution in [0.15, 0.2) is 12.5 Å². The maximum atomic E-state index is 11.6. The zero-order valence-corrected chi connectivity index (χ0v) is 8.83. The molecule has 0 atom stereocenters. The molecule has 0 aromatic carbocycles. The van der Waals surface area contributed by atoms with Gasteiger partial charge in [-0.05, 0) is 18.8 Å². The van der Waals surface area contributed by atoms with E-state index in [4.69, 9.17) is 0 Å². The smallest absolute Gasteiger partial charge is 0.269 e. The number of nitrogens with one attached hydrogen (secondary N) is 2. The van der Waals surface area contributed by atoms with Crippen LogP contribution in [0.3, 0.4) is 0 Å². The number of nitrogens with zero attached hydrogens (tertiary/aromatic N) is 1. The molecule has 1 saturated carbocycles. The highest BCUT2D eigenvalue weighted by atomic mass is 16.1. The first kappa shape index (κ1) is 10.2. The van der Waals surface area contributed by atoms with Crippen molar-refractivity contribution in [3.63, 3.8) is 0 Å². The quantitative estimate of drug-likeness (QED) is 0.792. The van der Waals surface area contributed by atoms with Crippen LogP contribution in [-0.4, -0.2) is 22.4 Å². The van der Waals surface area contributed by atoms with Gasteiger partial charge in [0.15, 0.2) is 0 Å². The molecule has 2 N–H and O–H groups in total. The Bertz CT molecular complexity index is 302. The summed E-state index contributed by atoms with van der Waals surface area (Å²) in [5.74, 6) is 0.628. The average Bonchev–Trinajstić information content (AvgIpc) is 2.81. The molecule has 2 rings (SSSR count). The van der Waals surface area contributed by atoms with E-state index in [-0.39, 0.29) is 5.91 Å². The van der Waals surface area contributed by atoms with Gasteiger partial charge in [-0.2, -0.15) is 0 Å². The summed E-state index contributed by atoms with van der Waals surface area (Å²) in [7, 11) is 0. The third-order valence-corrected chi connectivity index (χ3v) is 3.02. The van der Waals surface area contributed by atoms with Gasteiger partial charge in [0.2, 0.25) is 0 Å². The van der Waals surface area contributed by atoms with Crippen molar-refractivity contribution >= 4 is 5.91 Å². The Morgan fingerprint density at radius 2 is 2.27 bits per heavy atom. The first-order valence-electron chi connectivity index (χ1n) is 5.63. The molecule has 0 unspecified atom stereocenters. The van der Waals surface area contributed by atoms with E-state index in [2.05, 4.69) is 15.3 Å². The molecule has 4 nitrogen and oxygen atoms in total. The SMILES string of the molecule is O=C(NCC1CCCCC1)c1cnc[nH]1. The van der Waals surface area contributed by atoms with Gasteiger partial charge in [0.25, 0.3) is 5.91 Å². The van der Waals surface area contributed by atoms with Crippen molar-refractivity contribution in [3.8, 4) is 0 Å². The number of hydrogen-bond acceptors (Lipinski definition) is 2. The topological polar surface area (TPSA) is 57.8 Å². The standard InChI is InChI=1S/C11H17N3O/c15-11(10-7-12-8-14-10)13-6-9-4-2-1-3-5-9/h7-9H,1-6H2,(H,12,14)(H,13,15). The van der Waals surface area contributed by atoms with Crippen LogP contribution in [0.4, 0.5) is 0 Å². The van der Waals surface area contributed by atoms with Crippen molar-refractivity contribution in [2.45, 2.75) is 32.1 Å². The highest BCUT2D eigenvalue weighted by Crippen LogP contribution is 2.22. The van der Waals surface area contributed by atoms with Gasteiger partial charge >= 0.3 is 0 Å². The largest absolute Gasteiger partial charge is 0.350 e. The Morgan fingerprint density at radius 1 is 1.47 bits per heavy atom. The van der Waals surface area contributed by atoms with Gasteiger partial charge in [0.1, 0.15) is 5.69 Å². The molecule has 1 aliphatic carbocycles. The van der Waals surface area contributed by atoms with Crippen LogP contribution >= 0.6 is 0 Å². The molecule has 1 aromatic rings. The van der Waals surface area contributed by atoms with Crippen molar-refractivity contribution in [2.24, 2.45) is 5.92 Å². The fraction of sp³-hybridized carbons (Fsp3) is 0.636. The lowest BCUT2D eigenvalue weighted by molar-refractivity contribution is 0.0939. The number of amides is 1. The van der Waals surface area contributed by atoms with Crippen LogP contribution in [0.1, 0.15) is 42.6 Å². The monoisotopic (exact) mass is 207 g/mol. The van der Waals surface area contributed by atoms with Gasteiger partial charge in [-0.1, -0.05) is 19.3 Å². The lowest BCUT2D eigenvalue weighted by atomic mass is 9.89. The molecule has 4 heteroatoms. The van der Waals surface area contributed by atoms with Crippen molar-refractivity contribution < 1.29 is 4.79 Å². The molecular formula is C11H17N3O. The maximum Gasteiger partial charge on any atom is 0.269 e. The molecule has 1 amide bonds. The zero-order chi connectivity index (χ0) is 10.5. The summed E-state index contributed by atoms with van der Waals surface area (Å²) in [4.78, 5) is 18.2. The number of carbonyl (C=O) groups is 1. The second-order valence-corrected chi connectivity index (χ2v) is 4.18. The van der Waals surface area contributed by atoms with Gasteiger partial charge in [-0.15, -0.1) is 0 Å². The maximum absolute atomic E-state index is 11.6. The molecule has 1 aromatic heterocycles. The summed E-state index contributed by atoms with van der Waals surface area (Å²) in [5.41, 5.74) is 0.547. The van der Waals surface area contributed by atoms with E-state index >= 15 is 0 Å². The fourth-order valence-electron chi connectivity index (χ4n) is 2.10.